The average Bonchev–Trinajstić information content (AvgIpc) is 2.77. The largest absolute Gasteiger partial charge is 0.461 e. The fourth-order valence-electron chi connectivity index (χ4n) is 3.11. The van der Waals surface area contributed by atoms with Gasteiger partial charge in [0.05, 0.1) is 12.1 Å². The van der Waals surface area contributed by atoms with Crippen molar-refractivity contribution in [3.05, 3.63) is 12.2 Å². The van der Waals surface area contributed by atoms with E-state index < -0.39 is 86.3 Å². The van der Waals surface area contributed by atoms with Gasteiger partial charge < -0.3 is 54.5 Å². The van der Waals surface area contributed by atoms with Gasteiger partial charge in [0.15, 0.2) is 18.7 Å². The SMILES string of the molecule is C=C(C)C(=O)OCC(O)COC(=O)C1OC(OC)C(O)C(O)[C@H]1O[C@H](O)[C@H](C[C@@H](C)O)NC(C)=O. The highest BCUT2D eigenvalue weighted by atomic mass is 16.7. The van der Waals surface area contributed by atoms with Crippen molar-refractivity contribution in [1.82, 2.24) is 5.32 Å². The highest BCUT2D eigenvalue weighted by Gasteiger charge is 2.50. The second-order valence-electron chi connectivity index (χ2n) is 8.19. The van der Waals surface area contributed by atoms with Crippen LogP contribution in [0.4, 0.5) is 0 Å². The van der Waals surface area contributed by atoms with Crippen molar-refractivity contribution in [3.8, 4) is 0 Å². The van der Waals surface area contributed by atoms with Crippen LogP contribution in [0.5, 0.6) is 0 Å². The quantitative estimate of drug-likeness (QED) is 0.0836. The summed E-state index contributed by atoms with van der Waals surface area (Å²) in [5, 5.41) is 53.2. The summed E-state index contributed by atoms with van der Waals surface area (Å²) < 4.78 is 25.3. The van der Waals surface area contributed by atoms with E-state index in [4.69, 9.17) is 23.7 Å². The molecule has 9 atom stereocenters. The summed E-state index contributed by atoms with van der Waals surface area (Å²) in [4.78, 5) is 35.5. The lowest BCUT2D eigenvalue weighted by molar-refractivity contribution is -0.314. The van der Waals surface area contributed by atoms with E-state index in [0.717, 1.165) is 7.11 Å². The molecule has 202 valence electrons. The second-order valence-corrected chi connectivity index (χ2v) is 8.19. The molecule has 35 heavy (non-hydrogen) atoms. The van der Waals surface area contributed by atoms with Gasteiger partial charge in [-0.3, -0.25) is 4.79 Å². The van der Waals surface area contributed by atoms with Gasteiger partial charge >= 0.3 is 11.9 Å². The Balaban J connectivity index is 2.94. The minimum absolute atomic E-state index is 0.106. The van der Waals surface area contributed by atoms with Crippen molar-refractivity contribution in [1.29, 1.82) is 0 Å². The van der Waals surface area contributed by atoms with E-state index in [2.05, 4.69) is 11.9 Å². The van der Waals surface area contributed by atoms with E-state index in [1.165, 1.54) is 20.8 Å². The smallest absolute Gasteiger partial charge is 0.338 e. The van der Waals surface area contributed by atoms with Crippen molar-refractivity contribution in [2.45, 2.75) is 82.4 Å². The van der Waals surface area contributed by atoms with E-state index in [1.807, 2.05) is 0 Å². The van der Waals surface area contributed by atoms with E-state index in [0.29, 0.717) is 0 Å². The lowest BCUT2D eigenvalue weighted by atomic mass is 9.98. The average molecular weight is 510 g/mol. The lowest BCUT2D eigenvalue weighted by Gasteiger charge is -2.42. The number of methoxy groups -OCH3 is 1. The maximum atomic E-state index is 12.7. The van der Waals surface area contributed by atoms with Gasteiger partial charge in [-0.25, -0.2) is 9.59 Å². The van der Waals surface area contributed by atoms with Crippen LogP contribution in [0.2, 0.25) is 0 Å². The van der Waals surface area contributed by atoms with Crippen LogP contribution in [0.1, 0.15) is 27.2 Å². The standard InChI is InChI=1S/C21H35NO13/c1-9(2)18(28)32-7-12(25)8-33-20(30)17-16(14(26)15(27)21(31-5)35-17)34-19(29)13(6-10(3)23)22-11(4)24/h10,12-17,19,21,23,25-27,29H,1,6-8H2,2-5H3,(H,22,24)/t10-,12?,13+,14?,15?,16-,17?,19+,21?/m1/s1. The van der Waals surface area contributed by atoms with Gasteiger partial charge in [-0.2, -0.15) is 0 Å². The first-order valence-electron chi connectivity index (χ1n) is 10.8. The normalized spacial score (nSPS) is 27.7. The third-order valence-electron chi connectivity index (χ3n) is 4.81. The first kappa shape index (κ1) is 30.9. The Morgan fingerprint density at radius 1 is 1.06 bits per heavy atom. The molecule has 6 N–H and O–H groups in total. The lowest BCUT2D eigenvalue weighted by Crippen LogP contribution is -2.63. The van der Waals surface area contributed by atoms with Gasteiger partial charge in [-0.1, -0.05) is 6.58 Å². The zero-order valence-electron chi connectivity index (χ0n) is 20.0. The van der Waals surface area contributed by atoms with Crippen LogP contribution in [0, 0.1) is 0 Å². The molecule has 0 aromatic heterocycles. The summed E-state index contributed by atoms with van der Waals surface area (Å²) in [6.45, 7) is 6.25. The molecule has 0 saturated carbocycles. The number of carbonyl (C=O) groups excluding carboxylic acids is 3. The molecule has 1 amide bonds. The molecule has 5 unspecified atom stereocenters. The molecule has 0 bridgehead atoms. The van der Waals surface area contributed by atoms with Crippen LogP contribution in [-0.4, -0.2) is 119 Å². The maximum absolute atomic E-state index is 12.7. The molecule has 0 aliphatic carbocycles. The Hall–Kier alpha value is -2.17. The first-order valence-corrected chi connectivity index (χ1v) is 10.8. The Labute approximate surface area is 202 Å². The molecule has 1 saturated heterocycles. The number of nitrogens with one attached hydrogen (secondary N) is 1. The number of carbonyl (C=O) groups is 3. The molecule has 1 heterocycles. The number of aliphatic hydroxyl groups is 5. The van der Waals surface area contributed by atoms with Crippen molar-refractivity contribution in [2.24, 2.45) is 0 Å². The number of hydrogen-bond acceptors (Lipinski definition) is 13. The van der Waals surface area contributed by atoms with Crippen LogP contribution in [-0.2, 0) is 38.1 Å². The highest BCUT2D eigenvalue weighted by molar-refractivity contribution is 5.86. The Morgan fingerprint density at radius 3 is 2.17 bits per heavy atom. The Morgan fingerprint density at radius 2 is 1.66 bits per heavy atom. The number of aliphatic hydroxyl groups excluding tert-OH is 5. The monoisotopic (exact) mass is 509 g/mol. The minimum atomic E-state index is -1.84. The van der Waals surface area contributed by atoms with Crippen LogP contribution in [0.3, 0.4) is 0 Å². The molecular weight excluding hydrogens is 474 g/mol. The molecule has 1 rings (SSSR count). The van der Waals surface area contributed by atoms with Crippen molar-refractivity contribution < 1.29 is 63.6 Å². The van der Waals surface area contributed by atoms with E-state index >= 15 is 0 Å². The summed E-state index contributed by atoms with van der Waals surface area (Å²) in [7, 11) is 1.15. The van der Waals surface area contributed by atoms with E-state index in [1.54, 1.807) is 0 Å². The van der Waals surface area contributed by atoms with Crippen LogP contribution in [0.25, 0.3) is 0 Å². The second kappa shape index (κ2) is 14.4. The van der Waals surface area contributed by atoms with Gasteiger partial charge in [0.2, 0.25) is 5.91 Å². The van der Waals surface area contributed by atoms with Gasteiger partial charge in [-0.15, -0.1) is 0 Å². The van der Waals surface area contributed by atoms with Crippen LogP contribution >= 0.6 is 0 Å². The summed E-state index contributed by atoms with van der Waals surface area (Å²) in [5.74, 6) is -2.46. The fourth-order valence-corrected chi connectivity index (χ4v) is 3.11. The molecular formula is C21H35NO13. The molecule has 0 aromatic rings. The van der Waals surface area contributed by atoms with Gasteiger partial charge in [-0.05, 0) is 20.3 Å². The van der Waals surface area contributed by atoms with E-state index in [-0.39, 0.29) is 12.0 Å². The van der Waals surface area contributed by atoms with Crippen molar-refractivity contribution in [2.75, 3.05) is 20.3 Å². The van der Waals surface area contributed by atoms with Crippen LogP contribution in [0.15, 0.2) is 12.2 Å². The molecule has 1 aliphatic heterocycles. The molecule has 0 radical (unpaired) electrons. The van der Waals surface area contributed by atoms with Gasteiger partial charge in [0.25, 0.3) is 0 Å². The first-order chi connectivity index (χ1) is 16.3. The topological polar surface area (TPSA) is 211 Å². The summed E-state index contributed by atoms with van der Waals surface area (Å²) >= 11 is 0. The minimum Gasteiger partial charge on any atom is -0.461 e. The number of hydrogen-bond donors (Lipinski definition) is 6. The molecule has 14 nitrogen and oxygen atoms in total. The number of ether oxygens (including phenoxy) is 5. The fraction of sp³-hybridized carbons (Fsp3) is 0.762. The molecule has 1 aliphatic rings. The van der Waals surface area contributed by atoms with Crippen LogP contribution < -0.4 is 5.32 Å². The summed E-state index contributed by atoms with van der Waals surface area (Å²) in [6.07, 6.45) is -12.8. The number of rotatable bonds is 13. The highest BCUT2D eigenvalue weighted by Crippen LogP contribution is 2.26. The van der Waals surface area contributed by atoms with Crippen molar-refractivity contribution in [3.63, 3.8) is 0 Å². The zero-order valence-corrected chi connectivity index (χ0v) is 20.0. The van der Waals surface area contributed by atoms with Gasteiger partial charge in [0.1, 0.15) is 37.6 Å². The molecule has 0 spiro atoms. The Kier molecular flexibility index (Phi) is 12.7. The Bertz CT molecular complexity index is 730. The molecule has 0 aromatic carbocycles. The predicted molar refractivity (Wildman–Crippen MR) is 115 cm³/mol. The van der Waals surface area contributed by atoms with E-state index in [9.17, 15) is 39.9 Å². The molecule has 1 fully saturated rings. The third-order valence-corrected chi connectivity index (χ3v) is 4.81. The summed E-state index contributed by atoms with van der Waals surface area (Å²) in [6, 6.07) is -1.14. The maximum Gasteiger partial charge on any atom is 0.338 e. The number of amides is 1. The third kappa shape index (κ3) is 9.77. The van der Waals surface area contributed by atoms with Gasteiger partial charge in [0, 0.05) is 19.6 Å². The zero-order chi connectivity index (χ0) is 26.9. The summed E-state index contributed by atoms with van der Waals surface area (Å²) in [5.41, 5.74) is 0.106. The van der Waals surface area contributed by atoms with Crippen molar-refractivity contribution >= 4 is 17.8 Å². The number of esters is 2. The molecule has 14 heteroatoms. The predicted octanol–water partition coefficient (Wildman–Crippen LogP) is -2.92.